The minimum absolute atomic E-state index is 0.0101. The van der Waals surface area contributed by atoms with E-state index in [2.05, 4.69) is 4.99 Å². The number of carbonyl (C=O) groups is 2. The van der Waals surface area contributed by atoms with Crippen LogP contribution in [-0.4, -0.2) is 34.3 Å². The number of rotatable bonds is 2. The number of ether oxygens (including phenoxy) is 1. The Morgan fingerprint density at radius 2 is 1.73 bits per heavy atom. The maximum absolute atomic E-state index is 13.0. The van der Waals surface area contributed by atoms with Gasteiger partial charge >= 0.3 is 6.09 Å². The Labute approximate surface area is 155 Å². The van der Waals surface area contributed by atoms with Gasteiger partial charge in [-0.25, -0.2) is 14.7 Å². The molecule has 0 fully saturated rings. The van der Waals surface area contributed by atoms with E-state index in [0.29, 0.717) is 11.4 Å². The van der Waals surface area contributed by atoms with Crippen molar-refractivity contribution in [1.29, 1.82) is 0 Å². The van der Waals surface area contributed by atoms with Gasteiger partial charge in [-0.2, -0.15) is 0 Å². The Hall–Kier alpha value is -2.43. The number of benzene rings is 1. The van der Waals surface area contributed by atoms with Gasteiger partial charge in [0.15, 0.2) is 0 Å². The smallest absolute Gasteiger partial charge is 0.418 e. The highest BCUT2D eigenvalue weighted by Crippen LogP contribution is 2.29. The molecule has 2 amide bonds. The maximum atomic E-state index is 13.0. The summed E-state index contributed by atoms with van der Waals surface area (Å²) in [6.07, 6.45) is -0.636. The molecule has 0 N–H and O–H groups in total. The molecule has 0 saturated heterocycles. The van der Waals surface area contributed by atoms with Crippen molar-refractivity contribution in [2.75, 3.05) is 0 Å². The van der Waals surface area contributed by atoms with Crippen molar-refractivity contribution in [3.63, 3.8) is 0 Å². The van der Waals surface area contributed by atoms with Crippen molar-refractivity contribution in [3.05, 3.63) is 47.2 Å². The lowest BCUT2D eigenvalue weighted by Gasteiger charge is -2.38. The van der Waals surface area contributed by atoms with Crippen molar-refractivity contribution in [1.82, 2.24) is 4.90 Å². The van der Waals surface area contributed by atoms with Gasteiger partial charge in [-0.3, -0.25) is 4.79 Å². The molecule has 1 aliphatic heterocycles. The summed E-state index contributed by atoms with van der Waals surface area (Å²) < 4.78 is 5.53. The van der Waals surface area contributed by atoms with Crippen LogP contribution < -0.4 is 0 Å². The zero-order valence-corrected chi connectivity index (χ0v) is 16.7. The summed E-state index contributed by atoms with van der Waals surface area (Å²) in [7, 11) is 0. The molecule has 2 rings (SSSR count). The molecule has 0 spiro atoms. The summed E-state index contributed by atoms with van der Waals surface area (Å²) in [5, 5.41) is 0. The van der Waals surface area contributed by atoms with E-state index >= 15 is 0 Å². The van der Waals surface area contributed by atoms with Crippen molar-refractivity contribution < 1.29 is 14.3 Å². The molecule has 1 aromatic carbocycles. The minimum Gasteiger partial charge on any atom is -0.443 e. The molecule has 0 unspecified atom stereocenters. The summed E-state index contributed by atoms with van der Waals surface area (Å²) >= 11 is 0. The zero-order chi connectivity index (χ0) is 19.6. The number of hydrogen-bond donors (Lipinski definition) is 0. The Morgan fingerprint density at radius 1 is 1.15 bits per heavy atom. The molecule has 5 heteroatoms. The Morgan fingerprint density at radius 3 is 2.19 bits per heavy atom. The summed E-state index contributed by atoms with van der Waals surface area (Å²) in [4.78, 5) is 31.8. The third-order valence-corrected chi connectivity index (χ3v) is 3.98. The lowest BCUT2D eigenvalue weighted by Crippen LogP contribution is -2.55. The Bertz CT molecular complexity index is 751. The average Bonchev–Trinajstić information content (AvgIpc) is 2.52. The van der Waals surface area contributed by atoms with Crippen LogP contribution >= 0.6 is 0 Å². The number of hydrogen-bond acceptors (Lipinski definition) is 4. The van der Waals surface area contributed by atoms with Gasteiger partial charge in [0.25, 0.3) is 5.91 Å². The highest BCUT2D eigenvalue weighted by molar-refractivity contribution is 6.16. The molecule has 0 aliphatic carbocycles. The maximum Gasteiger partial charge on any atom is 0.418 e. The quantitative estimate of drug-likeness (QED) is 0.729. The van der Waals surface area contributed by atoms with Crippen LogP contribution in [0.15, 0.2) is 46.6 Å². The van der Waals surface area contributed by atoms with Crippen LogP contribution in [0.25, 0.3) is 0 Å². The Kier molecular flexibility index (Phi) is 5.69. The number of aliphatic imine (C=N–C) groups is 1. The second-order valence-corrected chi connectivity index (χ2v) is 8.06. The highest BCUT2D eigenvalue weighted by Gasteiger charge is 2.43. The summed E-state index contributed by atoms with van der Waals surface area (Å²) in [5.74, 6) is -0.415. The van der Waals surface area contributed by atoms with Gasteiger partial charge in [-0.1, -0.05) is 44.2 Å². The van der Waals surface area contributed by atoms with Gasteiger partial charge < -0.3 is 4.74 Å². The van der Waals surface area contributed by atoms with Crippen molar-refractivity contribution >= 4 is 17.7 Å². The lowest BCUT2D eigenvalue weighted by atomic mass is 9.90. The van der Waals surface area contributed by atoms with Crippen molar-refractivity contribution in [2.45, 2.75) is 60.1 Å². The molecule has 1 atom stereocenters. The fourth-order valence-corrected chi connectivity index (χ4v) is 2.89. The van der Waals surface area contributed by atoms with Crippen LogP contribution in [0.1, 0.15) is 54.0 Å². The predicted molar refractivity (Wildman–Crippen MR) is 103 cm³/mol. The molecule has 26 heavy (non-hydrogen) atoms. The average molecular weight is 356 g/mol. The molecule has 140 valence electrons. The first-order chi connectivity index (χ1) is 12.0. The standard InChI is InChI=1S/C21H28N2O3/c1-13(2)16-19(24)23(20(25)26-21(5,6)7)18(14(3)4)17(22-16)15-11-9-8-10-12-15/h8-12,14,18H,1-7H3/t18-/m0/s1. The minimum atomic E-state index is -0.689. The van der Waals surface area contributed by atoms with Crippen LogP contribution in [0.4, 0.5) is 4.79 Å². The Balaban J connectivity index is 2.64. The largest absolute Gasteiger partial charge is 0.443 e. The van der Waals surface area contributed by atoms with Gasteiger partial charge in [0, 0.05) is 0 Å². The van der Waals surface area contributed by atoms with Gasteiger partial charge in [-0.05, 0) is 51.7 Å². The van der Waals surface area contributed by atoms with E-state index in [9.17, 15) is 9.59 Å². The normalized spacial score (nSPS) is 18.1. The van der Waals surface area contributed by atoms with Gasteiger partial charge in [0.05, 0.1) is 11.8 Å². The number of imide groups is 1. The second-order valence-electron chi connectivity index (χ2n) is 8.06. The fourth-order valence-electron chi connectivity index (χ4n) is 2.89. The van der Waals surface area contributed by atoms with Crippen LogP contribution in [0, 0.1) is 5.92 Å². The third-order valence-electron chi connectivity index (χ3n) is 3.98. The van der Waals surface area contributed by atoms with Crippen molar-refractivity contribution in [2.24, 2.45) is 10.9 Å². The van der Waals surface area contributed by atoms with Crippen LogP contribution in [0.3, 0.4) is 0 Å². The fraction of sp³-hybridized carbons (Fsp3) is 0.476. The van der Waals surface area contributed by atoms with E-state index < -0.39 is 23.6 Å². The van der Waals surface area contributed by atoms with E-state index in [1.165, 1.54) is 4.90 Å². The van der Waals surface area contributed by atoms with Crippen molar-refractivity contribution in [3.8, 4) is 0 Å². The first-order valence-electron chi connectivity index (χ1n) is 8.91. The molecule has 1 heterocycles. The topological polar surface area (TPSA) is 59.0 Å². The molecule has 5 nitrogen and oxygen atoms in total. The molecule has 0 aromatic heterocycles. The second kappa shape index (κ2) is 7.44. The van der Waals surface area contributed by atoms with E-state index in [1.807, 2.05) is 58.0 Å². The van der Waals surface area contributed by atoms with E-state index in [-0.39, 0.29) is 5.92 Å². The summed E-state index contributed by atoms with van der Waals surface area (Å²) in [6, 6.07) is 9.18. The lowest BCUT2D eigenvalue weighted by molar-refractivity contribution is -0.128. The van der Waals surface area contributed by atoms with E-state index in [4.69, 9.17) is 4.74 Å². The molecular formula is C21H28N2O3. The van der Waals surface area contributed by atoms with Crippen LogP contribution in [0.2, 0.25) is 0 Å². The number of allylic oxidation sites excluding steroid dienone is 1. The van der Waals surface area contributed by atoms with Gasteiger partial charge in [0.1, 0.15) is 11.3 Å². The van der Waals surface area contributed by atoms with Gasteiger partial charge in [-0.15, -0.1) is 0 Å². The zero-order valence-electron chi connectivity index (χ0n) is 16.7. The first kappa shape index (κ1) is 19.9. The molecule has 0 radical (unpaired) electrons. The van der Waals surface area contributed by atoms with Gasteiger partial charge in [0.2, 0.25) is 0 Å². The summed E-state index contributed by atoms with van der Waals surface area (Å²) in [6.45, 7) is 13.0. The van der Waals surface area contributed by atoms with Crippen LogP contribution in [0.5, 0.6) is 0 Å². The molecule has 1 aliphatic rings. The van der Waals surface area contributed by atoms with E-state index in [1.54, 1.807) is 20.8 Å². The third kappa shape index (κ3) is 4.21. The number of carbonyl (C=O) groups excluding carboxylic acids is 2. The van der Waals surface area contributed by atoms with E-state index in [0.717, 1.165) is 11.1 Å². The SMILES string of the molecule is CC(C)=C1N=C(c2ccccc2)[C@H](C(C)C)N(C(=O)OC(C)(C)C)C1=O. The van der Waals surface area contributed by atoms with Crippen LogP contribution in [-0.2, 0) is 9.53 Å². The highest BCUT2D eigenvalue weighted by atomic mass is 16.6. The molecular weight excluding hydrogens is 328 g/mol. The molecule has 1 aromatic rings. The first-order valence-corrected chi connectivity index (χ1v) is 8.91. The predicted octanol–water partition coefficient (Wildman–Crippen LogP) is 4.57. The number of nitrogens with zero attached hydrogens (tertiary/aromatic N) is 2. The molecule has 0 saturated carbocycles. The molecule has 0 bridgehead atoms. The monoisotopic (exact) mass is 356 g/mol. The summed E-state index contributed by atoms with van der Waals surface area (Å²) in [5.41, 5.74) is 1.98. The number of amides is 2.